The molecule has 2 aromatic rings. The molecule has 0 saturated heterocycles. The summed E-state index contributed by atoms with van der Waals surface area (Å²) < 4.78 is 1.76. The Labute approximate surface area is 63.8 Å². The van der Waals surface area contributed by atoms with Crippen LogP contribution < -0.4 is 0 Å². The van der Waals surface area contributed by atoms with E-state index in [1.807, 2.05) is 31.3 Å². The van der Waals surface area contributed by atoms with Crippen LogP contribution in [0.25, 0.3) is 11.0 Å². The summed E-state index contributed by atoms with van der Waals surface area (Å²) in [4.78, 5) is 0. The predicted octanol–water partition coefficient (Wildman–Crippen LogP) is 0.144. The maximum Gasteiger partial charge on any atom is 0.113 e. The largest absolute Gasteiger partial charge is 0.412 e. The average Bonchev–Trinajstić information content (AvgIpc) is 2.34. The van der Waals surface area contributed by atoms with Gasteiger partial charge < -0.3 is 5.48 Å². The summed E-state index contributed by atoms with van der Waals surface area (Å²) >= 11 is 0. The highest BCUT2D eigenvalue weighted by molar-refractivity contribution is 5.73. The van der Waals surface area contributed by atoms with Gasteiger partial charge in [0.05, 0.1) is 5.52 Å². The van der Waals surface area contributed by atoms with Gasteiger partial charge in [-0.3, -0.25) is 0 Å². The van der Waals surface area contributed by atoms with Gasteiger partial charge in [0, 0.05) is 7.05 Å². The van der Waals surface area contributed by atoms with Crippen LogP contribution in [0.1, 0.15) is 0 Å². The molecule has 0 atom stereocenters. The number of rotatable bonds is 0. The van der Waals surface area contributed by atoms with Crippen molar-refractivity contribution in [3.8, 4) is 0 Å². The summed E-state index contributed by atoms with van der Waals surface area (Å²) in [5, 5.41) is 7.79. The topological polar surface area (TPSA) is 62.2 Å². The molecule has 0 aliphatic carbocycles. The van der Waals surface area contributed by atoms with E-state index in [9.17, 15) is 0 Å². The van der Waals surface area contributed by atoms with E-state index in [2.05, 4.69) is 10.3 Å². The number of aromatic nitrogens is 3. The van der Waals surface area contributed by atoms with Crippen LogP contribution in [-0.2, 0) is 7.05 Å². The summed E-state index contributed by atoms with van der Waals surface area (Å²) in [6.45, 7) is 0. The Hall–Kier alpha value is -1.42. The monoisotopic (exact) mass is 151 g/mol. The molecule has 2 rings (SSSR count). The Morgan fingerprint density at radius 1 is 1.27 bits per heavy atom. The number of hydrogen-bond donors (Lipinski definition) is 0. The number of para-hydroxylation sites is 1. The van der Waals surface area contributed by atoms with Gasteiger partial charge in [0.15, 0.2) is 0 Å². The summed E-state index contributed by atoms with van der Waals surface area (Å²) in [5.41, 5.74) is 2.02. The van der Waals surface area contributed by atoms with E-state index in [1.54, 1.807) is 4.68 Å². The Kier molecular flexibility index (Phi) is 1.87. The highest BCUT2D eigenvalue weighted by atomic mass is 16.0. The summed E-state index contributed by atoms with van der Waals surface area (Å²) in [6.07, 6.45) is 0. The molecule has 0 fully saturated rings. The lowest BCUT2D eigenvalue weighted by Gasteiger charge is -1.87. The Morgan fingerprint density at radius 3 is 2.73 bits per heavy atom. The van der Waals surface area contributed by atoms with Crippen LogP contribution in [0.5, 0.6) is 0 Å². The first kappa shape index (κ1) is 7.68. The smallest absolute Gasteiger partial charge is 0.113 e. The van der Waals surface area contributed by atoms with Crippen molar-refractivity contribution in [3.63, 3.8) is 0 Å². The van der Waals surface area contributed by atoms with Crippen molar-refractivity contribution < 1.29 is 5.48 Å². The van der Waals surface area contributed by atoms with Crippen LogP contribution >= 0.6 is 0 Å². The van der Waals surface area contributed by atoms with Crippen molar-refractivity contribution in [2.45, 2.75) is 0 Å². The zero-order valence-corrected chi connectivity index (χ0v) is 6.15. The number of hydrogen-bond acceptors (Lipinski definition) is 2. The van der Waals surface area contributed by atoms with Gasteiger partial charge in [-0.05, 0) is 12.1 Å². The highest BCUT2D eigenvalue weighted by Gasteiger charge is 1.95. The fraction of sp³-hybridized carbons (Fsp3) is 0.143. The van der Waals surface area contributed by atoms with E-state index >= 15 is 0 Å². The molecule has 4 heteroatoms. The molecule has 1 aromatic heterocycles. The van der Waals surface area contributed by atoms with Crippen LogP contribution in [0.15, 0.2) is 24.3 Å². The predicted molar refractivity (Wildman–Crippen MR) is 42.1 cm³/mol. The molecule has 0 saturated carbocycles. The third-order valence-corrected chi connectivity index (χ3v) is 1.52. The van der Waals surface area contributed by atoms with Crippen LogP contribution in [0, 0.1) is 0 Å². The standard InChI is InChI=1S/C7H7N3.H2O/c1-10-7-5-3-2-4-6(7)8-9-10;/h2-5H,1H3;1H2. The molecule has 1 aromatic carbocycles. The van der Waals surface area contributed by atoms with E-state index in [4.69, 9.17) is 0 Å². The first-order valence-corrected chi connectivity index (χ1v) is 3.12. The van der Waals surface area contributed by atoms with E-state index in [0.717, 1.165) is 11.0 Å². The third-order valence-electron chi connectivity index (χ3n) is 1.52. The molecule has 0 radical (unpaired) electrons. The molecule has 0 amide bonds. The number of benzene rings is 1. The quantitative estimate of drug-likeness (QED) is 0.537. The molecular weight excluding hydrogens is 142 g/mol. The van der Waals surface area contributed by atoms with Gasteiger partial charge in [0.2, 0.25) is 0 Å². The zero-order valence-electron chi connectivity index (χ0n) is 6.15. The second kappa shape index (κ2) is 2.67. The van der Waals surface area contributed by atoms with Gasteiger partial charge in [-0.25, -0.2) is 4.68 Å². The van der Waals surface area contributed by atoms with Gasteiger partial charge in [0.25, 0.3) is 0 Å². The van der Waals surface area contributed by atoms with Crippen molar-refractivity contribution >= 4 is 11.0 Å². The summed E-state index contributed by atoms with van der Waals surface area (Å²) in [7, 11) is 1.88. The van der Waals surface area contributed by atoms with Crippen molar-refractivity contribution in [2.75, 3.05) is 0 Å². The molecular formula is C7H9N3O. The van der Waals surface area contributed by atoms with E-state index in [1.165, 1.54) is 0 Å². The maximum atomic E-state index is 3.93. The minimum Gasteiger partial charge on any atom is -0.412 e. The minimum atomic E-state index is 0. The van der Waals surface area contributed by atoms with E-state index < -0.39 is 0 Å². The van der Waals surface area contributed by atoms with E-state index in [0.29, 0.717) is 0 Å². The first-order valence-electron chi connectivity index (χ1n) is 3.12. The molecule has 4 nitrogen and oxygen atoms in total. The van der Waals surface area contributed by atoms with Crippen molar-refractivity contribution in [1.82, 2.24) is 15.0 Å². The van der Waals surface area contributed by atoms with Crippen LogP contribution in [0.4, 0.5) is 0 Å². The molecule has 0 bridgehead atoms. The van der Waals surface area contributed by atoms with Crippen LogP contribution in [0.2, 0.25) is 0 Å². The van der Waals surface area contributed by atoms with Gasteiger partial charge in [-0.15, -0.1) is 5.10 Å². The third kappa shape index (κ3) is 1.08. The maximum absolute atomic E-state index is 3.93. The lowest BCUT2D eigenvalue weighted by atomic mass is 10.3. The van der Waals surface area contributed by atoms with Gasteiger partial charge in [0.1, 0.15) is 5.52 Å². The molecule has 11 heavy (non-hydrogen) atoms. The van der Waals surface area contributed by atoms with Crippen molar-refractivity contribution in [2.24, 2.45) is 7.05 Å². The Balaban J connectivity index is 0.000000605. The normalized spacial score (nSPS) is 9.55. The second-order valence-electron chi connectivity index (χ2n) is 2.20. The van der Waals surface area contributed by atoms with Crippen LogP contribution in [-0.4, -0.2) is 20.5 Å². The summed E-state index contributed by atoms with van der Waals surface area (Å²) in [6, 6.07) is 7.88. The summed E-state index contributed by atoms with van der Waals surface area (Å²) in [5.74, 6) is 0. The number of aryl methyl sites for hydroxylation is 1. The average molecular weight is 151 g/mol. The fourth-order valence-electron chi connectivity index (χ4n) is 0.986. The molecule has 58 valence electrons. The van der Waals surface area contributed by atoms with Gasteiger partial charge in [-0.1, -0.05) is 17.3 Å². The molecule has 0 unspecified atom stereocenters. The number of fused-ring (bicyclic) bond motifs is 1. The molecule has 0 spiro atoms. The Morgan fingerprint density at radius 2 is 2.00 bits per heavy atom. The zero-order chi connectivity index (χ0) is 6.97. The lowest BCUT2D eigenvalue weighted by molar-refractivity contribution is 0.736. The van der Waals surface area contributed by atoms with Crippen LogP contribution in [0.3, 0.4) is 0 Å². The fourth-order valence-corrected chi connectivity index (χ4v) is 0.986. The van der Waals surface area contributed by atoms with Crippen molar-refractivity contribution in [1.29, 1.82) is 0 Å². The molecule has 1 heterocycles. The number of nitrogens with zero attached hydrogens (tertiary/aromatic N) is 3. The van der Waals surface area contributed by atoms with Crippen molar-refractivity contribution in [3.05, 3.63) is 24.3 Å². The SMILES string of the molecule is Cn1nnc2ccccc21.O. The Bertz CT molecular complexity index is 355. The van der Waals surface area contributed by atoms with E-state index in [-0.39, 0.29) is 5.48 Å². The van der Waals surface area contributed by atoms with Gasteiger partial charge in [-0.2, -0.15) is 0 Å². The second-order valence-corrected chi connectivity index (χ2v) is 2.20. The highest BCUT2D eigenvalue weighted by Crippen LogP contribution is 2.06. The molecule has 0 aliphatic heterocycles. The van der Waals surface area contributed by atoms with Gasteiger partial charge >= 0.3 is 0 Å². The molecule has 2 N–H and O–H groups in total. The lowest BCUT2D eigenvalue weighted by Crippen LogP contribution is -1.88. The molecule has 0 aliphatic rings. The minimum absolute atomic E-state index is 0. The first-order chi connectivity index (χ1) is 4.88.